The van der Waals surface area contributed by atoms with Gasteiger partial charge in [-0.2, -0.15) is 4.89 Å². The summed E-state index contributed by atoms with van der Waals surface area (Å²) in [6, 6.07) is 0. The van der Waals surface area contributed by atoms with Crippen LogP contribution in [0.4, 0.5) is 0 Å². The van der Waals surface area contributed by atoms with Crippen molar-refractivity contribution in [1.82, 2.24) is 0 Å². The molecule has 0 unspecified atom stereocenters. The van der Waals surface area contributed by atoms with Crippen molar-refractivity contribution in [1.29, 1.82) is 0 Å². The summed E-state index contributed by atoms with van der Waals surface area (Å²) in [5.74, 6) is -1.48. The van der Waals surface area contributed by atoms with Gasteiger partial charge in [0.05, 0.1) is 6.61 Å². The molecule has 0 N–H and O–H groups in total. The maximum absolute atomic E-state index is 11.0. The SMILES string of the molecule is CCOC(=O)/C=C/C(=O)OOOC(C)(C)CC. The summed E-state index contributed by atoms with van der Waals surface area (Å²) in [7, 11) is 0. The molecular weight excluding hydrogens is 228 g/mol. The summed E-state index contributed by atoms with van der Waals surface area (Å²) < 4.78 is 4.56. The molecule has 0 rings (SSSR count). The summed E-state index contributed by atoms with van der Waals surface area (Å²) in [6.45, 7) is 7.34. The second-order valence-corrected chi connectivity index (χ2v) is 3.75. The zero-order valence-electron chi connectivity index (χ0n) is 10.5. The van der Waals surface area contributed by atoms with Crippen molar-refractivity contribution in [2.45, 2.75) is 39.7 Å². The Morgan fingerprint density at radius 1 is 1.12 bits per heavy atom. The molecule has 0 aromatic rings. The first-order valence-electron chi connectivity index (χ1n) is 5.32. The molecule has 0 aromatic carbocycles. The maximum Gasteiger partial charge on any atom is 0.369 e. The van der Waals surface area contributed by atoms with Crippen LogP contribution < -0.4 is 0 Å². The standard InChI is InChI=1S/C11H18O6/c1-5-11(3,4)16-17-15-10(13)8-7-9(12)14-6-2/h7-8H,5-6H2,1-4H3/b8-7+. The molecule has 0 atom stereocenters. The predicted molar refractivity (Wildman–Crippen MR) is 58.4 cm³/mol. The second kappa shape index (κ2) is 7.81. The minimum absolute atomic E-state index is 0.239. The Balaban J connectivity index is 3.84. The van der Waals surface area contributed by atoms with E-state index in [-0.39, 0.29) is 6.61 Å². The minimum Gasteiger partial charge on any atom is -0.463 e. The van der Waals surface area contributed by atoms with Crippen molar-refractivity contribution < 1.29 is 29.1 Å². The van der Waals surface area contributed by atoms with Crippen LogP contribution in [0.15, 0.2) is 12.2 Å². The van der Waals surface area contributed by atoms with Gasteiger partial charge in [-0.1, -0.05) is 6.92 Å². The van der Waals surface area contributed by atoms with Gasteiger partial charge in [0, 0.05) is 12.2 Å². The number of esters is 1. The Labute approximate surface area is 100 Å². The quantitative estimate of drug-likeness (QED) is 0.295. The van der Waals surface area contributed by atoms with Crippen LogP contribution >= 0.6 is 0 Å². The molecule has 0 bridgehead atoms. The Morgan fingerprint density at radius 2 is 1.71 bits per heavy atom. The van der Waals surface area contributed by atoms with Gasteiger partial charge in [0.1, 0.15) is 5.60 Å². The highest BCUT2D eigenvalue weighted by atomic mass is 17.5. The first-order chi connectivity index (χ1) is 7.91. The summed E-state index contributed by atoms with van der Waals surface area (Å²) in [5.41, 5.74) is -0.550. The third-order valence-electron chi connectivity index (χ3n) is 1.87. The van der Waals surface area contributed by atoms with Crippen molar-refractivity contribution in [3.63, 3.8) is 0 Å². The lowest BCUT2D eigenvalue weighted by Crippen LogP contribution is -2.24. The van der Waals surface area contributed by atoms with Gasteiger partial charge in [-0.3, -0.25) is 4.89 Å². The van der Waals surface area contributed by atoms with Crippen LogP contribution in [-0.4, -0.2) is 24.1 Å². The molecule has 0 aliphatic heterocycles. The molecule has 0 fully saturated rings. The van der Waals surface area contributed by atoms with Gasteiger partial charge < -0.3 is 4.74 Å². The summed E-state index contributed by atoms with van der Waals surface area (Å²) in [4.78, 5) is 30.9. The maximum atomic E-state index is 11.0. The van der Waals surface area contributed by atoms with E-state index >= 15 is 0 Å². The van der Waals surface area contributed by atoms with Crippen LogP contribution in [0.1, 0.15) is 34.1 Å². The normalized spacial score (nSPS) is 11.5. The first kappa shape index (κ1) is 15.6. The van der Waals surface area contributed by atoms with Crippen molar-refractivity contribution in [3.8, 4) is 0 Å². The van der Waals surface area contributed by atoms with Gasteiger partial charge in [0.15, 0.2) is 0 Å². The van der Waals surface area contributed by atoms with Crippen LogP contribution in [0.3, 0.4) is 0 Å². The van der Waals surface area contributed by atoms with Crippen molar-refractivity contribution in [2.75, 3.05) is 6.61 Å². The van der Waals surface area contributed by atoms with Gasteiger partial charge >= 0.3 is 11.9 Å². The van der Waals surface area contributed by atoms with E-state index in [2.05, 4.69) is 14.7 Å². The zero-order chi connectivity index (χ0) is 13.3. The van der Waals surface area contributed by atoms with E-state index < -0.39 is 17.5 Å². The zero-order valence-corrected chi connectivity index (χ0v) is 10.5. The summed E-state index contributed by atoms with van der Waals surface area (Å²) >= 11 is 0. The topological polar surface area (TPSA) is 71.1 Å². The van der Waals surface area contributed by atoms with Gasteiger partial charge in [-0.25, -0.2) is 9.59 Å². The van der Waals surface area contributed by atoms with E-state index in [0.717, 1.165) is 12.2 Å². The van der Waals surface area contributed by atoms with Crippen molar-refractivity contribution in [3.05, 3.63) is 12.2 Å². The van der Waals surface area contributed by atoms with Gasteiger partial charge in [0.25, 0.3) is 0 Å². The molecular formula is C11H18O6. The largest absolute Gasteiger partial charge is 0.463 e. The number of hydrogen-bond acceptors (Lipinski definition) is 6. The Bertz CT molecular complexity index is 282. The summed E-state index contributed by atoms with van der Waals surface area (Å²) in [6.07, 6.45) is 2.52. The van der Waals surface area contributed by atoms with E-state index in [0.29, 0.717) is 6.42 Å². The van der Waals surface area contributed by atoms with Gasteiger partial charge in [-0.05, 0) is 32.2 Å². The highest BCUT2D eigenvalue weighted by Crippen LogP contribution is 2.13. The third kappa shape index (κ3) is 8.41. The molecule has 0 spiro atoms. The van der Waals surface area contributed by atoms with Crippen molar-refractivity contribution in [2.24, 2.45) is 0 Å². The number of hydrogen-bond donors (Lipinski definition) is 0. The number of rotatable bonds is 7. The number of ether oxygens (including phenoxy) is 1. The fourth-order valence-electron chi connectivity index (χ4n) is 0.556. The molecule has 0 aliphatic carbocycles. The van der Waals surface area contributed by atoms with Crippen LogP contribution in [0.2, 0.25) is 0 Å². The highest BCUT2D eigenvalue weighted by Gasteiger charge is 2.18. The molecule has 0 aromatic heterocycles. The van der Waals surface area contributed by atoms with Crippen LogP contribution in [0.25, 0.3) is 0 Å². The lowest BCUT2D eigenvalue weighted by Gasteiger charge is -2.19. The molecule has 6 nitrogen and oxygen atoms in total. The Kier molecular flexibility index (Phi) is 7.16. The second-order valence-electron chi connectivity index (χ2n) is 3.75. The molecule has 0 amide bonds. The third-order valence-corrected chi connectivity index (χ3v) is 1.87. The minimum atomic E-state index is -0.857. The molecule has 0 saturated carbocycles. The lowest BCUT2D eigenvalue weighted by molar-refractivity contribution is -0.515. The van der Waals surface area contributed by atoms with E-state index in [9.17, 15) is 9.59 Å². The van der Waals surface area contributed by atoms with E-state index in [1.54, 1.807) is 20.8 Å². The molecule has 0 aliphatic rings. The van der Waals surface area contributed by atoms with Crippen LogP contribution in [-0.2, 0) is 29.1 Å². The van der Waals surface area contributed by atoms with Gasteiger partial charge in [0.2, 0.25) is 0 Å². The molecule has 0 saturated heterocycles. The average Bonchev–Trinajstić information content (AvgIpc) is 2.26. The molecule has 17 heavy (non-hydrogen) atoms. The molecule has 0 radical (unpaired) electrons. The lowest BCUT2D eigenvalue weighted by atomic mass is 10.1. The fraction of sp³-hybridized carbons (Fsp3) is 0.636. The monoisotopic (exact) mass is 246 g/mol. The highest BCUT2D eigenvalue weighted by molar-refractivity contribution is 5.91. The van der Waals surface area contributed by atoms with E-state index in [1.807, 2.05) is 6.92 Å². The first-order valence-corrected chi connectivity index (χ1v) is 5.32. The molecule has 0 heterocycles. The predicted octanol–water partition coefficient (Wildman–Crippen LogP) is 1.70. The Hall–Kier alpha value is -1.40. The summed E-state index contributed by atoms with van der Waals surface area (Å²) in [5, 5.41) is 4.29. The van der Waals surface area contributed by atoms with E-state index in [4.69, 9.17) is 4.89 Å². The fourth-order valence-corrected chi connectivity index (χ4v) is 0.556. The smallest absolute Gasteiger partial charge is 0.369 e. The Morgan fingerprint density at radius 3 is 2.24 bits per heavy atom. The molecule has 98 valence electrons. The number of carbonyl (C=O) groups is 2. The average molecular weight is 246 g/mol. The number of carbonyl (C=O) groups excluding carboxylic acids is 2. The van der Waals surface area contributed by atoms with Crippen LogP contribution in [0, 0.1) is 0 Å². The van der Waals surface area contributed by atoms with E-state index in [1.165, 1.54) is 0 Å². The van der Waals surface area contributed by atoms with Crippen molar-refractivity contribution >= 4 is 11.9 Å². The van der Waals surface area contributed by atoms with Gasteiger partial charge in [-0.15, -0.1) is 0 Å². The molecule has 6 heteroatoms. The van der Waals surface area contributed by atoms with Crippen LogP contribution in [0.5, 0.6) is 0 Å².